The minimum Gasteiger partial charge on any atom is -0.455 e. The molecule has 0 saturated heterocycles. The number of esters is 1. The van der Waals surface area contributed by atoms with Gasteiger partial charge in [0.15, 0.2) is 0 Å². The molecule has 0 bridgehead atoms. The highest BCUT2D eigenvalue weighted by Gasteiger charge is 2.28. The van der Waals surface area contributed by atoms with Crippen molar-refractivity contribution in [3.05, 3.63) is 36.5 Å². The summed E-state index contributed by atoms with van der Waals surface area (Å²) in [7, 11) is 0. The molecule has 1 atom stereocenters. The van der Waals surface area contributed by atoms with Gasteiger partial charge in [-0.05, 0) is 25.8 Å². The van der Waals surface area contributed by atoms with Gasteiger partial charge in [-0.25, -0.2) is 0 Å². The van der Waals surface area contributed by atoms with Crippen molar-refractivity contribution in [3.8, 4) is 0 Å². The number of hydrogen-bond acceptors (Lipinski definition) is 2. The first kappa shape index (κ1) is 13.7. The summed E-state index contributed by atoms with van der Waals surface area (Å²) in [6.07, 6.45) is 8.15. The first-order chi connectivity index (χ1) is 7.00. The minimum atomic E-state index is -0.542. The third-order valence-electron chi connectivity index (χ3n) is 2.38. The van der Waals surface area contributed by atoms with Crippen LogP contribution in [0.25, 0.3) is 0 Å². The Hall–Kier alpha value is -1.31. The third-order valence-corrected chi connectivity index (χ3v) is 2.38. The highest BCUT2D eigenvalue weighted by atomic mass is 16.6. The van der Waals surface area contributed by atoms with Gasteiger partial charge in [-0.15, -0.1) is 0 Å². The second-order valence-electron chi connectivity index (χ2n) is 3.52. The molecular weight excluding hydrogens is 188 g/mol. The van der Waals surface area contributed by atoms with Gasteiger partial charge in [-0.1, -0.05) is 37.8 Å². The smallest absolute Gasteiger partial charge is 0.303 e. The molecule has 0 N–H and O–H groups in total. The molecule has 0 fully saturated rings. The van der Waals surface area contributed by atoms with Gasteiger partial charge in [0.2, 0.25) is 0 Å². The fourth-order valence-electron chi connectivity index (χ4n) is 1.40. The van der Waals surface area contributed by atoms with Crippen LogP contribution in [-0.2, 0) is 9.53 Å². The second-order valence-corrected chi connectivity index (χ2v) is 3.52. The zero-order chi connectivity index (χ0) is 11.9. The van der Waals surface area contributed by atoms with Gasteiger partial charge in [0.25, 0.3) is 0 Å². The number of carbonyl (C=O) groups is 1. The van der Waals surface area contributed by atoms with Gasteiger partial charge < -0.3 is 4.74 Å². The average Bonchev–Trinajstić information content (AvgIpc) is 2.17. The molecular formula is C13H20O2. The summed E-state index contributed by atoms with van der Waals surface area (Å²) in [6.45, 7) is 10.9. The molecule has 0 amide bonds. The molecule has 0 aliphatic rings. The molecule has 2 heteroatoms. The molecule has 84 valence electrons. The maximum atomic E-state index is 11.0. The van der Waals surface area contributed by atoms with Crippen LogP contribution < -0.4 is 0 Å². The van der Waals surface area contributed by atoms with Crippen LogP contribution in [0.2, 0.25) is 0 Å². The van der Waals surface area contributed by atoms with Crippen molar-refractivity contribution in [3.63, 3.8) is 0 Å². The molecule has 0 aromatic heterocycles. The van der Waals surface area contributed by atoms with E-state index in [2.05, 4.69) is 6.58 Å². The lowest BCUT2D eigenvalue weighted by atomic mass is 9.92. The predicted molar refractivity (Wildman–Crippen MR) is 63.6 cm³/mol. The van der Waals surface area contributed by atoms with Gasteiger partial charge in [0.05, 0.1) is 0 Å². The number of allylic oxidation sites excluding steroid dienone is 3. The minimum absolute atomic E-state index is 0.259. The Morgan fingerprint density at radius 2 is 2.13 bits per heavy atom. The van der Waals surface area contributed by atoms with Crippen LogP contribution in [0.3, 0.4) is 0 Å². The van der Waals surface area contributed by atoms with Gasteiger partial charge in [-0.3, -0.25) is 4.79 Å². The lowest BCUT2D eigenvalue weighted by Gasteiger charge is -2.29. The summed E-state index contributed by atoms with van der Waals surface area (Å²) in [5, 5.41) is 0. The summed E-state index contributed by atoms with van der Waals surface area (Å²) in [5.74, 6) is -0.259. The van der Waals surface area contributed by atoms with Crippen LogP contribution >= 0.6 is 0 Å². The largest absolute Gasteiger partial charge is 0.455 e. The summed E-state index contributed by atoms with van der Waals surface area (Å²) >= 11 is 0. The maximum absolute atomic E-state index is 11.0. The fraction of sp³-hybridized carbons (Fsp3) is 0.462. The van der Waals surface area contributed by atoms with E-state index in [-0.39, 0.29) is 5.97 Å². The van der Waals surface area contributed by atoms with E-state index < -0.39 is 5.60 Å². The van der Waals surface area contributed by atoms with Gasteiger partial charge >= 0.3 is 5.97 Å². The van der Waals surface area contributed by atoms with Crippen LogP contribution in [0.4, 0.5) is 0 Å². The number of ether oxygens (including phenoxy) is 1. The molecule has 0 radical (unpaired) electrons. The first-order valence-corrected chi connectivity index (χ1v) is 5.15. The van der Waals surface area contributed by atoms with Crippen molar-refractivity contribution < 1.29 is 9.53 Å². The molecule has 15 heavy (non-hydrogen) atoms. The fourth-order valence-corrected chi connectivity index (χ4v) is 1.40. The van der Waals surface area contributed by atoms with Gasteiger partial charge in [0, 0.05) is 6.92 Å². The van der Waals surface area contributed by atoms with Crippen LogP contribution in [0.15, 0.2) is 36.5 Å². The number of carbonyl (C=O) groups excluding carboxylic acids is 1. The van der Waals surface area contributed by atoms with E-state index in [9.17, 15) is 4.79 Å². The van der Waals surface area contributed by atoms with Gasteiger partial charge in [-0.2, -0.15) is 0 Å². The Morgan fingerprint density at radius 1 is 1.53 bits per heavy atom. The van der Waals surface area contributed by atoms with Crippen molar-refractivity contribution in [2.75, 3.05) is 0 Å². The summed E-state index contributed by atoms with van der Waals surface area (Å²) in [6, 6.07) is 0. The van der Waals surface area contributed by atoms with E-state index in [0.717, 1.165) is 12.0 Å². The zero-order valence-corrected chi connectivity index (χ0v) is 10.0. The number of rotatable bonds is 5. The van der Waals surface area contributed by atoms with Crippen LogP contribution in [0.1, 0.15) is 34.1 Å². The Labute approximate surface area is 92.3 Å². The molecule has 0 aromatic rings. The highest BCUT2D eigenvalue weighted by Crippen LogP contribution is 2.26. The van der Waals surface area contributed by atoms with Crippen LogP contribution in [-0.4, -0.2) is 11.6 Å². The van der Waals surface area contributed by atoms with Crippen molar-refractivity contribution in [2.24, 2.45) is 0 Å². The summed E-state index contributed by atoms with van der Waals surface area (Å²) < 4.78 is 5.34. The summed E-state index contributed by atoms with van der Waals surface area (Å²) in [4.78, 5) is 11.0. The molecule has 2 nitrogen and oxygen atoms in total. The lowest BCUT2D eigenvalue weighted by Crippen LogP contribution is -2.31. The van der Waals surface area contributed by atoms with Crippen LogP contribution in [0.5, 0.6) is 0 Å². The molecule has 0 aliphatic carbocycles. The van der Waals surface area contributed by atoms with E-state index in [1.54, 1.807) is 6.08 Å². The maximum Gasteiger partial charge on any atom is 0.303 e. The molecule has 0 aromatic carbocycles. The van der Waals surface area contributed by atoms with Crippen LogP contribution in [0, 0.1) is 0 Å². The Balaban J connectivity index is 4.97. The normalized spacial score (nSPS) is 16.1. The highest BCUT2D eigenvalue weighted by molar-refractivity contribution is 5.67. The SMILES string of the molecule is C=C/C=C\C(=C/C)C(C)(CC)OC(C)=O. The van der Waals surface area contributed by atoms with E-state index in [0.29, 0.717) is 0 Å². The quantitative estimate of drug-likeness (QED) is 0.511. The molecule has 0 heterocycles. The molecule has 0 spiro atoms. The van der Waals surface area contributed by atoms with Crippen molar-refractivity contribution >= 4 is 5.97 Å². The van der Waals surface area contributed by atoms with Crippen molar-refractivity contribution in [1.29, 1.82) is 0 Å². The van der Waals surface area contributed by atoms with Crippen molar-refractivity contribution in [1.82, 2.24) is 0 Å². The second kappa shape index (κ2) is 6.23. The third kappa shape index (κ3) is 4.15. The Morgan fingerprint density at radius 3 is 2.47 bits per heavy atom. The molecule has 0 aliphatic heterocycles. The lowest BCUT2D eigenvalue weighted by molar-refractivity contribution is -0.151. The predicted octanol–water partition coefficient (Wildman–Crippen LogP) is 3.41. The standard InChI is InChI=1S/C13H20O2/c1-6-9-10-12(7-2)13(5,8-3)15-11(4)14/h6-7,9-10H,1,8H2,2-5H3/b10-9-,12-7+. The van der Waals surface area contributed by atoms with E-state index in [1.807, 2.05) is 39.0 Å². The van der Waals surface area contributed by atoms with Gasteiger partial charge in [0.1, 0.15) is 5.60 Å². The number of hydrogen-bond donors (Lipinski definition) is 0. The first-order valence-electron chi connectivity index (χ1n) is 5.15. The van der Waals surface area contributed by atoms with E-state index >= 15 is 0 Å². The molecule has 0 saturated carbocycles. The topological polar surface area (TPSA) is 26.3 Å². The summed E-state index contributed by atoms with van der Waals surface area (Å²) in [5.41, 5.74) is 0.445. The Kier molecular flexibility index (Phi) is 5.68. The average molecular weight is 208 g/mol. The Bertz CT molecular complexity index is 287. The molecule has 0 rings (SSSR count). The molecule has 1 unspecified atom stereocenters. The van der Waals surface area contributed by atoms with E-state index in [1.165, 1.54) is 6.92 Å². The zero-order valence-electron chi connectivity index (χ0n) is 10.0. The monoisotopic (exact) mass is 208 g/mol. The van der Waals surface area contributed by atoms with Crippen molar-refractivity contribution in [2.45, 2.75) is 39.7 Å². The van der Waals surface area contributed by atoms with E-state index in [4.69, 9.17) is 4.74 Å².